The van der Waals surface area contributed by atoms with Crippen molar-refractivity contribution in [3.63, 3.8) is 0 Å². The Morgan fingerprint density at radius 2 is 0.789 bits per heavy atom. The molecule has 0 saturated carbocycles. The fraction of sp³-hybridized carbons (Fsp3) is 0.227. The lowest BCUT2D eigenvalue weighted by Gasteiger charge is -2.19. The minimum atomic E-state index is -4.50. The summed E-state index contributed by atoms with van der Waals surface area (Å²) < 4.78 is 101. The van der Waals surface area contributed by atoms with Gasteiger partial charge in [-0.25, -0.2) is 0 Å². The summed E-state index contributed by atoms with van der Waals surface area (Å²) in [6, 6.07) is 34.4. The van der Waals surface area contributed by atoms with Crippen molar-refractivity contribution in [2.45, 2.75) is 80.9 Å². The molecule has 13 heteroatoms. The predicted octanol–water partition coefficient (Wildman–Crippen LogP) is 6.57. The lowest BCUT2D eigenvalue weighted by atomic mass is 9.87. The molecule has 0 fully saturated rings. The van der Waals surface area contributed by atoms with Crippen LogP contribution in [0.25, 0.3) is 10.8 Å². The first-order valence-corrected chi connectivity index (χ1v) is 25.2. The first kappa shape index (κ1) is 42.3. The van der Waals surface area contributed by atoms with E-state index in [4.69, 9.17) is 10.9 Å². The van der Waals surface area contributed by atoms with Crippen molar-refractivity contribution >= 4 is 41.1 Å². The molecule has 57 heavy (non-hydrogen) atoms. The molecule has 6 aromatic carbocycles. The molecule has 1 radical (unpaired) electrons. The van der Waals surface area contributed by atoms with E-state index in [0.717, 1.165) is 29.4 Å². The largest absolute Gasteiger partial charge is 0.375 e. The summed E-state index contributed by atoms with van der Waals surface area (Å²) in [7, 11) is -13.4. The molecule has 0 atom stereocenters. The van der Waals surface area contributed by atoms with Crippen molar-refractivity contribution in [3.05, 3.63) is 157 Å². The van der Waals surface area contributed by atoms with E-state index in [1.807, 2.05) is 48.5 Å². The van der Waals surface area contributed by atoms with Crippen molar-refractivity contribution < 1.29 is 56.4 Å². The zero-order valence-corrected chi connectivity index (χ0v) is 37.5. The zero-order valence-electron chi connectivity index (χ0n) is 32.9. The van der Waals surface area contributed by atoms with Gasteiger partial charge in [0, 0.05) is 0 Å². The van der Waals surface area contributed by atoms with E-state index >= 15 is 0 Å². The molecule has 299 valence electrons. The van der Waals surface area contributed by atoms with Crippen LogP contribution in [0.15, 0.2) is 142 Å². The third kappa shape index (κ3) is 9.89. The van der Waals surface area contributed by atoms with E-state index in [1.54, 1.807) is 38.1 Å². The first-order valence-electron chi connectivity index (χ1n) is 18.0. The summed E-state index contributed by atoms with van der Waals surface area (Å²) >= 11 is -3.12. The Hall–Kier alpha value is -4.28. The zero-order chi connectivity index (χ0) is 41.6. The van der Waals surface area contributed by atoms with Crippen LogP contribution < -0.4 is 28.6 Å². The molecule has 0 aliphatic rings. The van der Waals surface area contributed by atoms with Gasteiger partial charge in [-0.15, -0.1) is 0 Å². The fourth-order valence-corrected chi connectivity index (χ4v) is 14.5. The minimum Gasteiger partial charge on any atom is -0.375 e. The summed E-state index contributed by atoms with van der Waals surface area (Å²) in [5.74, 6) is -0.864. The second-order valence-corrected chi connectivity index (χ2v) is 25.4. The lowest BCUT2D eigenvalue weighted by Crippen LogP contribution is -3.85. The van der Waals surface area contributed by atoms with E-state index in [2.05, 4.69) is 41.5 Å². The van der Waals surface area contributed by atoms with Gasteiger partial charge in [-0.1, -0.05) is 107 Å². The topological polar surface area (TPSA) is 130 Å². The molecular weight excluding hydrogens is 896 g/mol. The smallest absolute Gasteiger partial charge is 0.339 e. The number of hydrogen-bond acceptors (Lipinski definition) is 9. The maximum atomic E-state index is 14.2. The molecule has 0 aliphatic carbocycles. The molecule has 0 aliphatic heterocycles. The summed E-state index contributed by atoms with van der Waals surface area (Å²) in [6.45, 7) is 16.3. The normalized spacial score (nSPS) is 12.9. The molecule has 9 nitrogen and oxygen atoms in total. The highest BCUT2D eigenvalue weighted by molar-refractivity contribution is 7.87. The van der Waals surface area contributed by atoms with Gasteiger partial charge in [0.05, 0.1) is 4.90 Å². The van der Waals surface area contributed by atoms with Gasteiger partial charge in [-0.2, -0.15) is 25.3 Å². The Balaban J connectivity index is 1.42. The lowest BCUT2D eigenvalue weighted by molar-refractivity contribution is -1.03. The third-order valence-electron chi connectivity index (χ3n) is 9.14. The number of rotatable bonds is 11. The summed E-state index contributed by atoms with van der Waals surface area (Å²) in [5.41, 5.74) is 3.62. The monoisotopic (exact) mass is 940 g/mol. The molecule has 0 amide bonds. The highest BCUT2D eigenvalue weighted by Gasteiger charge is 2.38. The molecule has 0 spiro atoms. The van der Waals surface area contributed by atoms with Crippen LogP contribution in [-0.2, 0) is 43.7 Å². The predicted molar refractivity (Wildman–Crippen MR) is 218 cm³/mol. The number of fused-ring (bicyclic) bond motifs is 1. The summed E-state index contributed by atoms with van der Waals surface area (Å²) in [5, 5.41) is 0.590. The highest BCUT2D eigenvalue weighted by Crippen LogP contribution is 2.37. The van der Waals surface area contributed by atoms with Gasteiger partial charge in [0.15, 0.2) is 18.6 Å². The summed E-state index contributed by atoms with van der Waals surface area (Å²) in [6.07, 6.45) is 0. The molecular formula is C44H45IO9S3+. The second kappa shape index (κ2) is 15.8. The molecule has 0 saturated heterocycles. The minimum absolute atomic E-state index is 0.109. The fourth-order valence-electron chi connectivity index (χ4n) is 5.71. The molecule has 0 aromatic heterocycles. The maximum Gasteiger partial charge on any atom is 0.339 e. The highest BCUT2D eigenvalue weighted by atomic mass is 127. The van der Waals surface area contributed by atoms with Crippen molar-refractivity contribution in [1.29, 1.82) is 0 Å². The molecule has 0 heterocycles. The van der Waals surface area contributed by atoms with Crippen molar-refractivity contribution in [2.24, 2.45) is 0 Å². The Kier molecular flexibility index (Phi) is 11.7. The van der Waals surface area contributed by atoms with Gasteiger partial charge in [-0.05, 0) is 122 Å². The molecule has 0 bridgehead atoms. The number of halogens is 1. The quantitative estimate of drug-likeness (QED) is 0.105. The van der Waals surface area contributed by atoms with Crippen LogP contribution >= 0.6 is 0 Å². The van der Waals surface area contributed by atoms with Crippen LogP contribution in [0.3, 0.4) is 0 Å². The maximum absolute atomic E-state index is 14.2. The molecule has 0 N–H and O–H groups in total. The SMILES string of the molecule is Cc1ccc(S(=O)(=O)Oc2cc3ccc(S(=O)(=O)O[I+](c4ccc(C(C)(C)C)cc4)c4ccc(C(C)(C)C)cc4)cc3cc2OS(=O)(=O)c2ccc(C)cc2)cc1. The number of aryl methyl sites for hydroxylation is 2. The van der Waals surface area contributed by atoms with Gasteiger partial charge in [0.25, 0.3) is 0 Å². The Morgan fingerprint density at radius 1 is 0.421 bits per heavy atom. The average molecular weight is 941 g/mol. The van der Waals surface area contributed by atoms with Crippen molar-refractivity contribution in [2.75, 3.05) is 0 Å². The van der Waals surface area contributed by atoms with Gasteiger partial charge in [0.2, 0.25) is 0 Å². The number of benzene rings is 6. The Morgan fingerprint density at radius 3 is 1.18 bits per heavy atom. The van der Waals surface area contributed by atoms with Crippen LogP contribution in [0.1, 0.15) is 63.8 Å². The van der Waals surface area contributed by atoms with Crippen LogP contribution in [0.4, 0.5) is 0 Å². The standard InChI is InChI=1S/C44H45IO9S3/c1-30-9-22-38(23-10-30)55(46,47)52-41-28-32-13-26-40(27-33(32)29-42(41)53-56(48,49)39-24-11-31(2)12-25-39)57(50,51)54-45(36-18-14-34(15-19-36)43(3,4)5)37-20-16-35(17-21-37)44(6,7)8/h9-29H,1-8H3/q+1. The van der Waals surface area contributed by atoms with Crippen LogP contribution in [0, 0.1) is 21.0 Å². The molecule has 0 unspecified atom stereocenters. The van der Waals surface area contributed by atoms with E-state index in [-0.39, 0.29) is 30.9 Å². The van der Waals surface area contributed by atoms with E-state index in [0.29, 0.717) is 5.39 Å². The first-order chi connectivity index (χ1) is 26.5. The second-order valence-electron chi connectivity index (χ2n) is 15.8. The van der Waals surface area contributed by atoms with E-state index in [1.165, 1.54) is 54.6 Å². The van der Waals surface area contributed by atoms with Gasteiger partial charge in [-0.3, -0.25) is 0 Å². The van der Waals surface area contributed by atoms with Crippen LogP contribution in [0.2, 0.25) is 0 Å². The average Bonchev–Trinajstić information content (AvgIpc) is 3.13. The van der Waals surface area contributed by atoms with E-state index in [9.17, 15) is 25.3 Å². The Labute approximate surface area is 344 Å². The molecule has 6 rings (SSSR count). The summed E-state index contributed by atoms with van der Waals surface area (Å²) in [4.78, 5) is -0.504. The van der Waals surface area contributed by atoms with Gasteiger partial charge < -0.3 is 8.37 Å². The van der Waals surface area contributed by atoms with Crippen LogP contribution in [-0.4, -0.2) is 25.3 Å². The van der Waals surface area contributed by atoms with Gasteiger partial charge in [0.1, 0.15) is 9.79 Å². The Bertz CT molecular complexity index is 2690. The van der Waals surface area contributed by atoms with E-state index < -0.39 is 62.1 Å². The molecule has 6 aromatic rings. The van der Waals surface area contributed by atoms with Crippen molar-refractivity contribution in [1.82, 2.24) is 0 Å². The third-order valence-corrected chi connectivity index (χ3v) is 19.0. The van der Waals surface area contributed by atoms with Crippen molar-refractivity contribution in [3.8, 4) is 11.5 Å². The van der Waals surface area contributed by atoms with Gasteiger partial charge >= 0.3 is 50.6 Å². The number of hydrogen-bond donors (Lipinski definition) is 0. The van der Waals surface area contributed by atoms with Crippen LogP contribution in [0.5, 0.6) is 11.5 Å².